The molecule has 4 N–H and O–H groups in total. The number of hydrogen-bond donors (Lipinski definition) is 3. The Hall–Kier alpha value is -1.55. The van der Waals surface area contributed by atoms with E-state index in [1.54, 1.807) is 0 Å². The van der Waals surface area contributed by atoms with Crippen LogP contribution in [0.15, 0.2) is 24.3 Å². The number of benzene rings is 1. The lowest BCUT2D eigenvalue weighted by atomic mass is 10.2. The third-order valence-corrected chi connectivity index (χ3v) is 2.43. The Morgan fingerprint density at radius 1 is 1.35 bits per heavy atom. The zero-order valence-electron chi connectivity index (χ0n) is 10.5. The molecule has 0 aromatic heterocycles. The number of nitrogens with two attached hydrogens (primary N) is 1. The molecule has 0 aliphatic carbocycles. The van der Waals surface area contributed by atoms with E-state index >= 15 is 0 Å². The molecule has 0 fully saturated rings. The van der Waals surface area contributed by atoms with Gasteiger partial charge in [-0.15, -0.1) is 0 Å². The van der Waals surface area contributed by atoms with Crippen molar-refractivity contribution in [2.45, 2.75) is 32.7 Å². The molecule has 1 rings (SSSR count). The lowest BCUT2D eigenvalue weighted by Gasteiger charge is -2.08. The van der Waals surface area contributed by atoms with E-state index in [4.69, 9.17) is 5.73 Å². The Morgan fingerprint density at radius 3 is 2.59 bits per heavy atom. The normalized spacial score (nSPS) is 11.9. The third-order valence-electron chi connectivity index (χ3n) is 2.43. The molecule has 0 bridgehead atoms. The van der Waals surface area contributed by atoms with Gasteiger partial charge in [0.2, 0.25) is 0 Å². The fourth-order valence-electron chi connectivity index (χ4n) is 1.44. The van der Waals surface area contributed by atoms with Crippen LogP contribution in [0, 0.1) is 6.92 Å². The topological polar surface area (TPSA) is 67.2 Å². The van der Waals surface area contributed by atoms with Gasteiger partial charge in [-0.1, -0.05) is 17.7 Å². The van der Waals surface area contributed by atoms with E-state index in [1.807, 2.05) is 38.1 Å². The molecule has 0 saturated carbocycles. The molecule has 2 amide bonds. The van der Waals surface area contributed by atoms with Crippen LogP contribution in [0.25, 0.3) is 0 Å². The second kappa shape index (κ2) is 6.91. The summed E-state index contributed by atoms with van der Waals surface area (Å²) in [7, 11) is 0. The quantitative estimate of drug-likeness (QED) is 0.685. The van der Waals surface area contributed by atoms with Crippen LogP contribution in [0.1, 0.15) is 25.3 Å². The van der Waals surface area contributed by atoms with Crippen molar-refractivity contribution >= 4 is 11.7 Å². The van der Waals surface area contributed by atoms with Crippen LogP contribution in [0.3, 0.4) is 0 Å². The lowest BCUT2D eigenvalue weighted by Crippen LogP contribution is -2.30. The first-order valence-corrected chi connectivity index (χ1v) is 5.95. The Labute approximate surface area is 103 Å². The van der Waals surface area contributed by atoms with Gasteiger partial charge in [-0.05, 0) is 38.8 Å². The number of carbonyl (C=O) groups excluding carboxylic acids is 1. The molecule has 4 heteroatoms. The fourth-order valence-corrected chi connectivity index (χ4v) is 1.44. The van der Waals surface area contributed by atoms with Crippen molar-refractivity contribution < 1.29 is 4.79 Å². The van der Waals surface area contributed by atoms with Gasteiger partial charge in [0, 0.05) is 18.3 Å². The van der Waals surface area contributed by atoms with Crippen LogP contribution in [-0.4, -0.2) is 18.6 Å². The molecular formula is C13H21N3O. The number of anilines is 1. The van der Waals surface area contributed by atoms with Crippen molar-refractivity contribution in [2.24, 2.45) is 5.73 Å². The summed E-state index contributed by atoms with van der Waals surface area (Å²) in [6.45, 7) is 4.63. The minimum Gasteiger partial charge on any atom is -0.338 e. The van der Waals surface area contributed by atoms with Crippen molar-refractivity contribution in [1.82, 2.24) is 5.32 Å². The van der Waals surface area contributed by atoms with Crippen LogP contribution < -0.4 is 16.4 Å². The number of aryl methyl sites for hydroxylation is 1. The average molecular weight is 235 g/mol. The zero-order chi connectivity index (χ0) is 12.7. The minimum atomic E-state index is -0.168. The van der Waals surface area contributed by atoms with Gasteiger partial charge in [0.1, 0.15) is 0 Å². The lowest BCUT2D eigenvalue weighted by molar-refractivity contribution is 0.252. The Kier molecular flexibility index (Phi) is 5.49. The summed E-state index contributed by atoms with van der Waals surface area (Å²) in [5.41, 5.74) is 7.60. The summed E-state index contributed by atoms with van der Waals surface area (Å²) in [5.74, 6) is 0. The third kappa shape index (κ3) is 5.92. The van der Waals surface area contributed by atoms with Crippen molar-refractivity contribution in [3.63, 3.8) is 0 Å². The van der Waals surface area contributed by atoms with Crippen molar-refractivity contribution in [2.75, 3.05) is 11.9 Å². The van der Waals surface area contributed by atoms with Gasteiger partial charge in [0.25, 0.3) is 0 Å². The highest BCUT2D eigenvalue weighted by Gasteiger charge is 2.00. The Morgan fingerprint density at radius 2 is 2.00 bits per heavy atom. The smallest absolute Gasteiger partial charge is 0.319 e. The van der Waals surface area contributed by atoms with Gasteiger partial charge in [0.15, 0.2) is 0 Å². The van der Waals surface area contributed by atoms with E-state index in [0.29, 0.717) is 6.54 Å². The maximum atomic E-state index is 11.5. The van der Waals surface area contributed by atoms with Gasteiger partial charge >= 0.3 is 6.03 Å². The standard InChI is InChI=1S/C13H21N3O/c1-10-5-7-12(8-6-10)16-13(17)15-9-3-4-11(2)14/h5-8,11H,3-4,9,14H2,1-2H3,(H2,15,16,17). The predicted octanol–water partition coefficient (Wildman–Crippen LogP) is 2.24. The van der Waals surface area contributed by atoms with Gasteiger partial charge < -0.3 is 16.4 Å². The van der Waals surface area contributed by atoms with E-state index in [1.165, 1.54) is 5.56 Å². The summed E-state index contributed by atoms with van der Waals surface area (Å²) in [5, 5.41) is 5.57. The first-order chi connectivity index (χ1) is 8.08. The van der Waals surface area contributed by atoms with Crippen molar-refractivity contribution in [3.05, 3.63) is 29.8 Å². The number of amides is 2. The second-order valence-electron chi connectivity index (χ2n) is 4.37. The number of urea groups is 1. The SMILES string of the molecule is Cc1ccc(NC(=O)NCCCC(C)N)cc1. The van der Waals surface area contributed by atoms with Gasteiger partial charge in [-0.25, -0.2) is 4.79 Å². The maximum absolute atomic E-state index is 11.5. The zero-order valence-corrected chi connectivity index (χ0v) is 10.5. The molecule has 0 radical (unpaired) electrons. The maximum Gasteiger partial charge on any atom is 0.319 e. The van der Waals surface area contributed by atoms with Crippen molar-refractivity contribution in [3.8, 4) is 0 Å². The first-order valence-electron chi connectivity index (χ1n) is 5.95. The largest absolute Gasteiger partial charge is 0.338 e. The highest BCUT2D eigenvalue weighted by atomic mass is 16.2. The van der Waals surface area contributed by atoms with Crippen LogP contribution in [-0.2, 0) is 0 Å². The molecular weight excluding hydrogens is 214 g/mol. The second-order valence-corrected chi connectivity index (χ2v) is 4.37. The molecule has 0 aliphatic rings. The molecule has 1 aromatic rings. The van der Waals surface area contributed by atoms with E-state index in [0.717, 1.165) is 18.5 Å². The van der Waals surface area contributed by atoms with Crippen LogP contribution >= 0.6 is 0 Å². The van der Waals surface area contributed by atoms with Gasteiger partial charge in [-0.3, -0.25) is 0 Å². The highest BCUT2D eigenvalue weighted by molar-refractivity contribution is 5.89. The van der Waals surface area contributed by atoms with Gasteiger partial charge in [0.05, 0.1) is 0 Å². The van der Waals surface area contributed by atoms with Gasteiger partial charge in [-0.2, -0.15) is 0 Å². The molecule has 0 aliphatic heterocycles. The minimum absolute atomic E-state index is 0.168. The molecule has 0 heterocycles. The summed E-state index contributed by atoms with van der Waals surface area (Å²) >= 11 is 0. The Bertz CT molecular complexity index is 346. The highest BCUT2D eigenvalue weighted by Crippen LogP contribution is 2.07. The molecule has 17 heavy (non-hydrogen) atoms. The summed E-state index contributed by atoms with van der Waals surface area (Å²) in [6.07, 6.45) is 1.82. The number of carbonyl (C=O) groups is 1. The van der Waals surface area contributed by atoms with Crippen LogP contribution in [0.2, 0.25) is 0 Å². The van der Waals surface area contributed by atoms with Crippen LogP contribution in [0.4, 0.5) is 10.5 Å². The number of nitrogens with one attached hydrogen (secondary N) is 2. The van der Waals surface area contributed by atoms with Crippen LogP contribution in [0.5, 0.6) is 0 Å². The van der Waals surface area contributed by atoms with E-state index in [2.05, 4.69) is 10.6 Å². The molecule has 94 valence electrons. The van der Waals surface area contributed by atoms with Crippen molar-refractivity contribution in [1.29, 1.82) is 0 Å². The monoisotopic (exact) mass is 235 g/mol. The molecule has 0 saturated heterocycles. The molecule has 1 unspecified atom stereocenters. The average Bonchev–Trinajstić information content (AvgIpc) is 2.27. The molecule has 4 nitrogen and oxygen atoms in total. The number of rotatable bonds is 5. The Balaban J connectivity index is 2.23. The first kappa shape index (κ1) is 13.5. The molecule has 1 aromatic carbocycles. The summed E-state index contributed by atoms with van der Waals surface area (Å²) < 4.78 is 0. The molecule has 1 atom stereocenters. The predicted molar refractivity (Wildman–Crippen MR) is 71.1 cm³/mol. The fraction of sp³-hybridized carbons (Fsp3) is 0.462. The van der Waals surface area contributed by atoms with E-state index in [-0.39, 0.29) is 12.1 Å². The van der Waals surface area contributed by atoms with E-state index in [9.17, 15) is 4.79 Å². The summed E-state index contributed by atoms with van der Waals surface area (Å²) in [4.78, 5) is 11.5. The molecule has 0 spiro atoms. The van der Waals surface area contributed by atoms with E-state index < -0.39 is 0 Å². The summed E-state index contributed by atoms with van der Waals surface area (Å²) in [6, 6.07) is 7.72. The number of hydrogen-bond acceptors (Lipinski definition) is 2.